The summed E-state index contributed by atoms with van der Waals surface area (Å²) in [5.41, 5.74) is 24.7. The van der Waals surface area contributed by atoms with E-state index in [0.717, 1.165) is 22.7 Å². The van der Waals surface area contributed by atoms with Crippen molar-refractivity contribution in [2.75, 3.05) is 4.90 Å². The third-order valence-electron chi connectivity index (χ3n) is 13.1. The van der Waals surface area contributed by atoms with Gasteiger partial charge in [-0.1, -0.05) is 164 Å². The molecule has 2 nitrogen and oxygen atoms in total. The summed E-state index contributed by atoms with van der Waals surface area (Å²) in [5.74, 6) is 0. The molecule has 0 fully saturated rings. The van der Waals surface area contributed by atoms with Gasteiger partial charge in [-0.15, -0.1) is 0 Å². The Hall–Kier alpha value is -8.20. The fourth-order valence-electron chi connectivity index (χ4n) is 10.3. The van der Waals surface area contributed by atoms with Crippen LogP contribution in [0.1, 0.15) is 0 Å². The average molecular weight is 787 g/mol. The molecule has 62 heavy (non-hydrogen) atoms. The minimum atomic E-state index is 1.10. The van der Waals surface area contributed by atoms with Crippen LogP contribution >= 0.6 is 0 Å². The number of hydrogen-bond acceptors (Lipinski definition) is 1. The molecule has 0 saturated heterocycles. The summed E-state index contributed by atoms with van der Waals surface area (Å²) in [5, 5.41) is 2.45. The monoisotopic (exact) mass is 786 g/mol. The summed E-state index contributed by atoms with van der Waals surface area (Å²) in [7, 11) is 0. The lowest BCUT2D eigenvalue weighted by Crippen LogP contribution is -2.10. The Morgan fingerprint density at radius 3 is 1.42 bits per heavy atom. The predicted molar refractivity (Wildman–Crippen MR) is 261 cm³/mol. The molecule has 0 amide bonds. The first-order valence-electron chi connectivity index (χ1n) is 21.4. The Labute approximate surface area is 360 Å². The lowest BCUT2D eigenvalue weighted by molar-refractivity contribution is 1.18. The SMILES string of the molecule is c1ccc(-c2ccc(N(c3ccc(-c4ccc5c(c4)-c4c6cccc4-c4cccc-5c4-c4ccccc4-6)cc3)c3ccc4c(c3)c3ccccc3n4-c3ccccc3)cc2)cc1. The standard InChI is InChI=1S/C60H38N2/c1-3-13-39(14-4-1)40-25-30-44(31-26-40)61(46-34-36-58-55(38-46)49-18-9-10-24-57(49)62(58)43-15-5-2-6-16-43)45-32-27-41(28-33-45)42-29-35-48-52-21-12-22-53-54-23-11-20-51(60(54)56(48)37-42)47-17-7-8-19-50(47)59(52)53/h1-38H. The van der Waals surface area contributed by atoms with Crippen LogP contribution < -0.4 is 4.90 Å². The molecule has 13 rings (SSSR count). The molecule has 2 aliphatic rings. The van der Waals surface area contributed by atoms with Crippen molar-refractivity contribution < 1.29 is 0 Å². The maximum absolute atomic E-state index is 2.43. The van der Waals surface area contributed by atoms with Crippen molar-refractivity contribution in [3.05, 3.63) is 231 Å². The molecule has 0 aliphatic heterocycles. The zero-order valence-electron chi connectivity index (χ0n) is 33.8. The van der Waals surface area contributed by atoms with Gasteiger partial charge < -0.3 is 9.47 Å². The predicted octanol–water partition coefficient (Wildman–Crippen LogP) is 16.5. The van der Waals surface area contributed by atoms with E-state index in [4.69, 9.17) is 0 Å². The lowest BCUT2D eigenvalue weighted by atomic mass is 9.83. The van der Waals surface area contributed by atoms with Crippen molar-refractivity contribution in [2.24, 2.45) is 0 Å². The van der Waals surface area contributed by atoms with E-state index in [1.54, 1.807) is 0 Å². The van der Waals surface area contributed by atoms with E-state index >= 15 is 0 Å². The van der Waals surface area contributed by atoms with Gasteiger partial charge in [-0.25, -0.2) is 0 Å². The number of aromatic nitrogens is 1. The summed E-state index contributed by atoms with van der Waals surface area (Å²) in [6.07, 6.45) is 0. The van der Waals surface area contributed by atoms with Crippen LogP contribution in [0.5, 0.6) is 0 Å². The number of para-hydroxylation sites is 2. The van der Waals surface area contributed by atoms with Crippen molar-refractivity contribution in [1.29, 1.82) is 0 Å². The van der Waals surface area contributed by atoms with Gasteiger partial charge in [0.2, 0.25) is 0 Å². The molecule has 0 radical (unpaired) electrons. The van der Waals surface area contributed by atoms with Crippen LogP contribution in [0.2, 0.25) is 0 Å². The second kappa shape index (κ2) is 13.7. The Morgan fingerprint density at radius 2 is 0.726 bits per heavy atom. The Kier molecular flexibility index (Phi) is 7.64. The first kappa shape index (κ1) is 34.6. The Morgan fingerprint density at radius 1 is 0.258 bits per heavy atom. The van der Waals surface area contributed by atoms with Crippen LogP contribution in [0, 0.1) is 0 Å². The van der Waals surface area contributed by atoms with E-state index < -0.39 is 0 Å². The van der Waals surface area contributed by atoms with Crippen LogP contribution in [0.4, 0.5) is 17.1 Å². The van der Waals surface area contributed by atoms with E-state index in [2.05, 4.69) is 240 Å². The summed E-state index contributed by atoms with van der Waals surface area (Å²) < 4.78 is 2.38. The van der Waals surface area contributed by atoms with Crippen molar-refractivity contribution >= 4 is 38.9 Å². The van der Waals surface area contributed by atoms with Gasteiger partial charge in [0.05, 0.1) is 11.0 Å². The highest BCUT2D eigenvalue weighted by molar-refractivity contribution is 6.15. The molecule has 0 atom stereocenters. The summed E-state index contributed by atoms with van der Waals surface area (Å²) in [6, 6.07) is 84.7. The van der Waals surface area contributed by atoms with E-state index in [1.165, 1.54) is 99.7 Å². The lowest BCUT2D eigenvalue weighted by Gasteiger charge is -2.26. The third-order valence-corrected chi connectivity index (χ3v) is 13.1. The minimum absolute atomic E-state index is 1.10. The van der Waals surface area contributed by atoms with Gasteiger partial charge in [-0.2, -0.15) is 0 Å². The Balaban J connectivity index is 0.947. The molecule has 10 aromatic carbocycles. The van der Waals surface area contributed by atoms with Crippen LogP contribution in [-0.4, -0.2) is 4.57 Å². The van der Waals surface area contributed by atoms with Gasteiger partial charge >= 0.3 is 0 Å². The number of nitrogens with zero attached hydrogens (tertiary/aromatic N) is 2. The molecule has 2 heteroatoms. The largest absolute Gasteiger partial charge is 0.310 e. The molecule has 1 aromatic heterocycles. The van der Waals surface area contributed by atoms with Crippen LogP contribution in [0.3, 0.4) is 0 Å². The van der Waals surface area contributed by atoms with Crippen LogP contribution in [0.25, 0.3) is 105 Å². The number of rotatable bonds is 6. The van der Waals surface area contributed by atoms with Crippen molar-refractivity contribution in [1.82, 2.24) is 4.57 Å². The second-order valence-electron chi connectivity index (χ2n) is 16.4. The van der Waals surface area contributed by atoms with E-state index in [-0.39, 0.29) is 0 Å². The molecule has 0 N–H and O–H groups in total. The van der Waals surface area contributed by atoms with Crippen LogP contribution in [0.15, 0.2) is 231 Å². The smallest absolute Gasteiger partial charge is 0.0542 e. The van der Waals surface area contributed by atoms with Crippen molar-refractivity contribution in [3.63, 3.8) is 0 Å². The fraction of sp³-hybridized carbons (Fsp3) is 0. The Bertz CT molecular complexity index is 3520. The highest BCUT2D eigenvalue weighted by Crippen LogP contribution is 2.57. The zero-order valence-corrected chi connectivity index (χ0v) is 33.8. The molecule has 6 bridgehead atoms. The molecule has 0 spiro atoms. The second-order valence-corrected chi connectivity index (χ2v) is 16.4. The molecule has 2 aliphatic carbocycles. The third kappa shape index (κ3) is 5.23. The zero-order chi connectivity index (χ0) is 40.7. The molecule has 0 unspecified atom stereocenters. The van der Waals surface area contributed by atoms with E-state index in [0.29, 0.717) is 0 Å². The van der Waals surface area contributed by atoms with Gasteiger partial charge in [-0.05, 0) is 145 Å². The highest BCUT2D eigenvalue weighted by Gasteiger charge is 2.30. The molecular weight excluding hydrogens is 749 g/mol. The highest BCUT2D eigenvalue weighted by atomic mass is 15.1. The first-order valence-corrected chi connectivity index (χ1v) is 21.4. The van der Waals surface area contributed by atoms with E-state index in [9.17, 15) is 0 Å². The molecular formula is C60H38N2. The number of fused-ring (bicyclic) bond motifs is 7. The summed E-state index contributed by atoms with van der Waals surface area (Å²) in [6.45, 7) is 0. The summed E-state index contributed by atoms with van der Waals surface area (Å²) in [4.78, 5) is 2.39. The fourth-order valence-corrected chi connectivity index (χ4v) is 10.3. The van der Waals surface area contributed by atoms with Gasteiger partial charge in [-0.3, -0.25) is 0 Å². The van der Waals surface area contributed by atoms with Crippen LogP contribution in [-0.2, 0) is 0 Å². The number of anilines is 3. The maximum atomic E-state index is 2.43. The molecule has 1 heterocycles. The van der Waals surface area contributed by atoms with Gasteiger partial charge in [0.25, 0.3) is 0 Å². The summed E-state index contributed by atoms with van der Waals surface area (Å²) >= 11 is 0. The van der Waals surface area contributed by atoms with Gasteiger partial charge in [0.15, 0.2) is 0 Å². The quantitative estimate of drug-likeness (QED) is 0.163. The van der Waals surface area contributed by atoms with Crippen molar-refractivity contribution in [2.45, 2.75) is 0 Å². The van der Waals surface area contributed by atoms with Gasteiger partial charge in [0, 0.05) is 33.5 Å². The van der Waals surface area contributed by atoms with Crippen molar-refractivity contribution in [3.8, 4) is 83.6 Å². The molecule has 11 aromatic rings. The van der Waals surface area contributed by atoms with E-state index in [1.807, 2.05) is 0 Å². The minimum Gasteiger partial charge on any atom is -0.310 e. The van der Waals surface area contributed by atoms with Gasteiger partial charge in [0.1, 0.15) is 0 Å². The maximum Gasteiger partial charge on any atom is 0.0542 e. The normalized spacial score (nSPS) is 11.9. The average Bonchev–Trinajstić information content (AvgIpc) is 3.62. The first-order chi connectivity index (χ1) is 30.8. The molecule has 288 valence electrons. The topological polar surface area (TPSA) is 8.17 Å². The number of hydrogen-bond donors (Lipinski definition) is 0. The number of benzene rings is 10. The molecule has 0 saturated carbocycles.